The highest BCUT2D eigenvalue weighted by molar-refractivity contribution is 7.98. The standard InChI is InChI=1S/C11H17ClN2O2S2.ClH/c1-8(13-2)7-14-18(15,16)9-4-5-11(17-3)10(12)6-9;/h4-6,8,13-14H,7H2,1-3H3;1H. The lowest BCUT2D eigenvalue weighted by molar-refractivity contribution is 0.554. The van der Waals surface area contributed by atoms with Gasteiger partial charge in [0, 0.05) is 17.5 Å². The third-order valence-corrected chi connectivity index (χ3v) is 5.15. The Labute approximate surface area is 130 Å². The summed E-state index contributed by atoms with van der Waals surface area (Å²) in [5.74, 6) is 0. The molecule has 0 spiro atoms. The van der Waals surface area contributed by atoms with Gasteiger partial charge in [0.1, 0.15) is 0 Å². The first-order valence-electron chi connectivity index (χ1n) is 5.41. The minimum Gasteiger partial charge on any atom is -0.316 e. The van der Waals surface area contributed by atoms with Crippen LogP contribution in [-0.2, 0) is 10.0 Å². The Hall–Kier alpha value is 0.0200. The molecule has 8 heteroatoms. The molecular formula is C11H18Cl2N2O2S2. The third-order valence-electron chi connectivity index (χ3n) is 2.51. The minimum atomic E-state index is -3.50. The van der Waals surface area contributed by atoms with Crippen LogP contribution in [0.1, 0.15) is 6.92 Å². The van der Waals surface area contributed by atoms with Gasteiger partial charge in [0.25, 0.3) is 0 Å². The monoisotopic (exact) mass is 344 g/mol. The number of rotatable bonds is 6. The average molecular weight is 345 g/mol. The molecule has 110 valence electrons. The Morgan fingerprint density at radius 1 is 1.42 bits per heavy atom. The van der Waals surface area contributed by atoms with Gasteiger partial charge in [0.2, 0.25) is 10.0 Å². The Morgan fingerprint density at radius 2 is 2.05 bits per heavy atom. The maximum atomic E-state index is 12.0. The second-order valence-corrected chi connectivity index (χ2v) is 6.86. The summed E-state index contributed by atoms with van der Waals surface area (Å²) < 4.78 is 26.5. The van der Waals surface area contributed by atoms with Gasteiger partial charge in [-0.25, -0.2) is 13.1 Å². The normalized spacial score (nSPS) is 12.8. The summed E-state index contributed by atoms with van der Waals surface area (Å²) in [5.41, 5.74) is 0. The molecule has 1 rings (SSSR count). The molecule has 0 aliphatic rings. The van der Waals surface area contributed by atoms with Crippen molar-refractivity contribution in [3.63, 3.8) is 0 Å². The molecule has 4 nitrogen and oxygen atoms in total. The molecule has 1 aromatic carbocycles. The van der Waals surface area contributed by atoms with Gasteiger partial charge < -0.3 is 5.32 Å². The van der Waals surface area contributed by atoms with E-state index in [1.165, 1.54) is 17.8 Å². The number of thioether (sulfide) groups is 1. The van der Waals surface area contributed by atoms with Gasteiger partial charge in [-0.3, -0.25) is 0 Å². The van der Waals surface area contributed by atoms with Crippen LogP contribution in [0.2, 0.25) is 5.02 Å². The number of hydrogen-bond acceptors (Lipinski definition) is 4. The van der Waals surface area contributed by atoms with Crippen molar-refractivity contribution in [3.05, 3.63) is 23.2 Å². The van der Waals surface area contributed by atoms with Gasteiger partial charge in [-0.2, -0.15) is 0 Å². The van der Waals surface area contributed by atoms with E-state index in [1.807, 2.05) is 13.2 Å². The van der Waals surface area contributed by atoms with E-state index in [9.17, 15) is 8.42 Å². The molecule has 0 heterocycles. The summed E-state index contributed by atoms with van der Waals surface area (Å²) in [4.78, 5) is 1.05. The first-order chi connectivity index (χ1) is 8.40. The summed E-state index contributed by atoms with van der Waals surface area (Å²) in [7, 11) is -1.72. The molecule has 1 unspecified atom stereocenters. The van der Waals surface area contributed by atoms with E-state index in [0.29, 0.717) is 11.6 Å². The Kier molecular flexibility index (Phi) is 8.35. The highest BCUT2D eigenvalue weighted by Gasteiger charge is 2.16. The van der Waals surface area contributed by atoms with Crippen molar-refractivity contribution < 1.29 is 8.42 Å². The van der Waals surface area contributed by atoms with E-state index < -0.39 is 10.0 Å². The van der Waals surface area contributed by atoms with Crippen LogP contribution in [0.5, 0.6) is 0 Å². The fourth-order valence-electron chi connectivity index (χ4n) is 1.23. The van der Waals surface area contributed by atoms with Gasteiger partial charge in [-0.1, -0.05) is 11.6 Å². The molecule has 0 aromatic heterocycles. The summed E-state index contributed by atoms with van der Waals surface area (Å²) in [6, 6.07) is 4.81. The highest BCUT2D eigenvalue weighted by atomic mass is 35.5. The van der Waals surface area contributed by atoms with Crippen LogP contribution >= 0.6 is 35.8 Å². The second kappa shape index (κ2) is 8.34. The lowest BCUT2D eigenvalue weighted by Crippen LogP contribution is -2.37. The Bertz CT molecular complexity index is 509. The summed E-state index contributed by atoms with van der Waals surface area (Å²) >= 11 is 7.48. The first kappa shape index (κ1) is 19.0. The molecule has 0 aliphatic heterocycles. The average Bonchev–Trinajstić information content (AvgIpc) is 2.35. The molecule has 0 saturated carbocycles. The molecule has 1 aromatic rings. The summed E-state index contributed by atoms with van der Waals surface area (Å²) in [6.45, 7) is 2.23. The number of nitrogens with one attached hydrogen (secondary N) is 2. The van der Waals surface area contributed by atoms with Crippen molar-refractivity contribution in [3.8, 4) is 0 Å². The quantitative estimate of drug-likeness (QED) is 0.778. The molecule has 0 saturated heterocycles. The molecular weight excluding hydrogens is 327 g/mol. The molecule has 0 radical (unpaired) electrons. The number of halogens is 2. The first-order valence-corrected chi connectivity index (χ1v) is 8.49. The van der Waals surface area contributed by atoms with Gasteiger partial charge in [0.05, 0.1) is 9.92 Å². The van der Waals surface area contributed by atoms with Crippen LogP contribution in [0.4, 0.5) is 0 Å². The zero-order valence-electron chi connectivity index (χ0n) is 10.9. The van der Waals surface area contributed by atoms with E-state index in [-0.39, 0.29) is 23.3 Å². The number of benzene rings is 1. The maximum absolute atomic E-state index is 12.0. The topological polar surface area (TPSA) is 58.2 Å². The molecule has 0 fully saturated rings. The van der Waals surface area contributed by atoms with Crippen molar-refractivity contribution in [2.75, 3.05) is 19.8 Å². The SMILES string of the molecule is CNC(C)CNS(=O)(=O)c1ccc(SC)c(Cl)c1.Cl. The zero-order valence-corrected chi connectivity index (χ0v) is 14.1. The molecule has 2 N–H and O–H groups in total. The highest BCUT2D eigenvalue weighted by Crippen LogP contribution is 2.27. The van der Waals surface area contributed by atoms with Gasteiger partial charge in [-0.05, 0) is 38.4 Å². The van der Waals surface area contributed by atoms with E-state index >= 15 is 0 Å². The van der Waals surface area contributed by atoms with Crippen molar-refractivity contribution in [1.82, 2.24) is 10.0 Å². The lowest BCUT2D eigenvalue weighted by atomic mass is 10.4. The van der Waals surface area contributed by atoms with E-state index in [0.717, 1.165) is 4.90 Å². The van der Waals surface area contributed by atoms with Crippen molar-refractivity contribution in [2.24, 2.45) is 0 Å². The second-order valence-electron chi connectivity index (χ2n) is 3.84. The van der Waals surface area contributed by atoms with Crippen LogP contribution in [-0.4, -0.2) is 34.3 Å². The van der Waals surface area contributed by atoms with Crippen LogP contribution in [0, 0.1) is 0 Å². The van der Waals surface area contributed by atoms with Crippen LogP contribution in [0.25, 0.3) is 0 Å². The van der Waals surface area contributed by atoms with Crippen LogP contribution in [0.15, 0.2) is 28.0 Å². The zero-order chi connectivity index (χ0) is 13.8. The predicted molar refractivity (Wildman–Crippen MR) is 84.2 cm³/mol. The molecule has 0 aliphatic carbocycles. The van der Waals surface area contributed by atoms with E-state index in [4.69, 9.17) is 11.6 Å². The number of hydrogen-bond donors (Lipinski definition) is 2. The molecule has 19 heavy (non-hydrogen) atoms. The summed E-state index contributed by atoms with van der Waals surface area (Å²) in [5, 5.41) is 3.41. The van der Waals surface area contributed by atoms with E-state index in [1.54, 1.807) is 19.2 Å². The van der Waals surface area contributed by atoms with Gasteiger partial charge >= 0.3 is 0 Å². The third kappa shape index (κ3) is 5.49. The summed E-state index contributed by atoms with van der Waals surface area (Å²) in [6.07, 6.45) is 1.89. The Balaban J connectivity index is 0.00000324. The van der Waals surface area contributed by atoms with Crippen molar-refractivity contribution >= 4 is 45.8 Å². The fourth-order valence-corrected chi connectivity index (χ4v) is 3.33. The molecule has 0 amide bonds. The predicted octanol–water partition coefficient (Wildman–Crippen LogP) is 2.37. The van der Waals surface area contributed by atoms with Crippen LogP contribution < -0.4 is 10.0 Å². The van der Waals surface area contributed by atoms with Crippen molar-refractivity contribution in [1.29, 1.82) is 0 Å². The van der Waals surface area contributed by atoms with Crippen molar-refractivity contribution in [2.45, 2.75) is 22.8 Å². The molecule has 1 atom stereocenters. The van der Waals surface area contributed by atoms with Gasteiger partial charge in [-0.15, -0.1) is 24.2 Å². The largest absolute Gasteiger partial charge is 0.316 e. The minimum absolute atomic E-state index is 0. The number of likely N-dealkylation sites (N-methyl/N-ethyl adjacent to an activating group) is 1. The van der Waals surface area contributed by atoms with Gasteiger partial charge in [0.15, 0.2) is 0 Å². The number of sulfonamides is 1. The van der Waals surface area contributed by atoms with Crippen LogP contribution in [0.3, 0.4) is 0 Å². The Morgan fingerprint density at radius 3 is 2.53 bits per heavy atom. The lowest BCUT2D eigenvalue weighted by Gasteiger charge is -2.12. The van der Waals surface area contributed by atoms with E-state index in [2.05, 4.69) is 10.0 Å². The fraction of sp³-hybridized carbons (Fsp3) is 0.455. The molecule has 0 bridgehead atoms. The maximum Gasteiger partial charge on any atom is 0.240 e. The smallest absolute Gasteiger partial charge is 0.240 e.